The highest BCUT2D eigenvalue weighted by Crippen LogP contribution is 2.15. The molecule has 0 bridgehead atoms. The van der Waals surface area contributed by atoms with Gasteiger partial charge in [0.2, 0.25) is 0 Å². The molecule has 0 saturated carbocycles. The lowest BCUT2D eigenvalue weighted by Crippen LogP contribution is -2.09. The van der Waals surface area contributed by atoms with E-state index in [1.165, 1.54) is 12.7 Å². The van der Waals surface area contributed by atoms with Crippen molar-refractivity contribution in [2.45, 2.75) is 19.9 Å². The van der Waals surface area contributed by atoms with Crippen LogP contribution in [0, 0.1) is 0 Å². The molecule has 0 fully saturated rings. The van der Waals surface area contributed by atoms with Crippen LogP contribution in [0.2, 0.25) is 0 Å². The number of aryl methyl sites for hydroxylation is 1. The molecule has 0 atom stereocenters. The summed E-state index contributed by atoms with van der Waals surface area (Å²) in [4.78, 5) is 11.7. The Balaban J connectivity index is 2.12. The van der Waals surface area contributed by atoms with Crippen LogP contribution in [0.5, 0.6) is 0 Å². The van der Waals surface area contributed by atoms with E-state index in [-0.39, 0.29) is 5.97 Å². The number of benzene rings is 2. The molecule has 2 aromatic carbocycles. The van der Waals surface area contributed by atoms with E-state index in [1.807, 2.05) is 30.3 Å². The van der Waals surface area contributed by atoms with Gasteiger partial charge >= 0.3 is 5.97 Å². The summed E-state index contributed by atoms with van der Waals surface area (Å²) < 4.78 is 4.80. The Morgan fingerprint density at radius 2 is 1.95 bits per heavy atom. The van der Waals surface area contributed by atoms with E-state index in [9.17, 15) is 4.79 Å². The fourth-order valence-electron chi connectivity index (χ4n) is 2.08. The maximum atomic E-state index is 11.7. The average molecular weight is 269 g/mol. The van der Waals surface area contributed by atoms with E-state index in [0.29, 0.717) is 12.1 Å². The first-order valence-electron chi connectivity index (χ1n) is 6.73. The first-order chi connectivity index (χ1) is 9.74. The average Bonchev–Trinajstić information content (AvgIpc) is 2.52. The molecular formula is C17H19NO2. The van der Waals surface area contributed by atoms with E-state index >= 15 is 0 Å². The van der Waals surface area contributed by atoms with E-state index in [2.05, 4.69) is 24.4 Å². The number of hydrogen-bond acceptors (Lipinski definition) is 3. The van der Waals surface area contributed by atoms with Gasteiger partial charge in [-0.15, -0.1) is 0 Å². The van der Waals surface area contributed by atoms with Gasteiger partial charge in [0, 0.05) is 12.2 Å². The van der Waals surface area contributed by atoms with Gasteiger partial charge in [-0.3, -0.25) is 0 Å². The third-order valence-corrected chi connectivity index (χ3v) is 3.24. The standard InChI is InChI=1S/C17H19NO2/c1-3-13-7-6-9-15(11-13)18-12-14-8-4-5-10-16(14)17(19)20-2/h4-11,18H,3,12H2,1-2H3. The van der Waals surface area contributed by atoms with Crippen molar-refractivity contribution in [3.05, 3.63) is 65.2 Å². The second kappa shape index (κ2) is 6.75. The van der Waals surface area contributed by atoms with Crippen LogP contribution >= 0.6 is 0 Å². The maximum absolute atomic E-state index is 11.7. The molecule has 2 rings (SSSR count). The van der Waals surface area contributed by atoms with E-state index in [4.69, 9.17) is 4.74 Å². The minimum Gasteiger partial charge on any atom is -0.465 e. The van der Waals surface area contributed by atoms with Crippen molar-refractivity contribution in [2.75, 3.05) is 12.4 Å². The highest BCUT2D eigenvalue weighted by atomic mass is 16.5. The van der Waals surface area contributed by atoms with Crippen LogP contribution < -0.4 is 5.32 Å². The fourth-order valence-corrected chi connectivity index (χ4v) is 2.08. The lowest BCUT2D eigenvalue weighted by molar-refractivity contribution is 0.0599. The van der Waals surface area contributed by atoms with Crippen LogP contribution in [0.25, 0.3) is 0 Å². The molecule has 0 aliphatic carbocycles. The Hall–Kier alpha value is -2.29. The highest BCUT2D eigenvalue weighted by molar-refractivity contribution is 5.91. The number of anilines is 1. The molecule has 0 heterocycles. The van der Waals surface area contributed by atoms with Gasteiger partial charge in [0.25, 0.3) is 0 Å². The summed E-state index contributed by atoms with van der Waals surface area (Å²) in [7, 11) is 1.40. The molecule has 20 heavy (non-hydrogen) atoms. The minimum atomic E-state index is -0.301. The van der Waals surface area contributed by atoms with Crippen LogP contribution in [0.3, 0.4) is 0 Å². The van der Waals surface area contributed by atoms with Crippen molar-refractivity contribution in [2.24, 2.45) is 0 Å². The normalized spacial score (nSPS) is 10.1. The predicted octanol–water partition coefficient (Wildman–Crippen LogP) is 3.65. The summed E-state index contributed by atoms with van der Waals surface area (Å²) in [5, 5.41) is 3.35. The first kappa shape index (κ1) is 14.1. The maximum Gasteiger partial charge on any atom is 0.338 e. The zero-order chi connectivity index (χ0) is 14.4. The number of rotatable bonds is 5. The van der Waals surface area contributed by atoms with Crippen molar-refractivity contribution >= 4 is 11.7 Å². The number of carbonyl (C=O) groups is 1. The number of esters is 1. The number of methoxy groups -OCH3 is 1. The molecule has 3 heteroatoms. The summed E-state index contributed by atoms with van der Waals surface area (Å²) in [6, 6.07) is 15.8. The van der Waals surface area contributed by atoms with Gasteiger partial charge in [-0.2, -0.15) is 0 Å². The van der Waals surface area contributed by atoms with Crippen LogP contribution in [0.1, 0.15) is 28.4 Å². The van der Waals surface area contributed by atoms with Crippen molar-refractivity contribution in [3.63, 3.8) is 0 Å². The quantitative estimate of drug-likeness (QED) is 0.842. The molecule has 104 valence electrons. The highest BCUT2D eigenvalue weighted by Gasteiger charge is 2.10. The molecular weight excluding hydrogens is 250 g/mol. The molecule has 2 aromatic rings. The summed E-state index contributed by atoms with van der Waals surface area (Å²) in [6.07, 6.45) is 1.01. The Morgan fingerprint density at radius 1 is 1.15 bits per heavy atom. The Morgan fingerprint density at radius 3 is 2.70 bits per heavy atom. The van der Waals surface area contributed by atoms with Crippen LogP contribution in [0.4, 0.5) is 5.69 Å². The smallest absolute Gasteiger partial charge is 0.338 e. The molecule has 0 amide bonds. The van der Waals surface area contributed by atoms with Gasteiger partial charge in [0.1, 0.15) is 0 Å². The summed E-state index contributed by atoms with van der Waals surface area (Å²) in [5.41, 5.74) is 3.88. The molecule has 0 aliphatic heterocycles. The van der Waals surface area contributed by atoms with Gasteiger partial charge < -0.3 is 10.1 Å². The van der Waals surface area contributed by atoms with Gasteiger partial charge in [0.05, 0.1) is 12.7 Å². The predicted molar refractivity (Wildman–Crippen MR) is 80.9 cm³/mol. The number of nitrogens with one attached hydrogen (secondary N) is 1. The lowest BCUT2D eigenvalue weighted by atomic mass is 10.1. The third kappa shape index (κ3) is 3.38. The molecule has 0 radical (unpaired) electrons. The fraction of sp³-hybridized carbons (Fsp3) is 0.235. The molecule has 3 nitrogen and oxygen atoms in total. The van der Waals surface area contributed by atoms with Gasteiger partial charge in [-0.1, -0.05) is 37.3 Å². The lowest BCUT2D eigenvalue weighted by Gasteiger charge is -2.11. The van der Waals surface area contributed by atoms with E-state index in [1.54, 1.807) is 6.07 Å². The summed E-state index contributed by atoms with van der Waals surface area (Å²) in [6.45, 7) is 2.73. The largest absolute Gasteiger partial charge is 0.465 e. The Bertz CT molecular complexity index is 593. The van der Waals surface area contributed by atoms with Gasteiger partial charge in [-0.25, -0.2) is 4.79 Å². The van der Waals surface area contributed by atoms with Crippen LogP contribution in [0.15, 0.2) is 48.5 Å². The molecule has 0 unspecified atom stereocenters. The molecule has 0 aliphatic rings. The Labute approximate surface area is 119 Å². The van der Waals surface area contributed by atoms with Crippen LogP contribution in [-0.4, -0.2) is 13.1 Å². The molecule has 1 N–H and O–H groups in total. The minimum absolute atomic E-state index is 0.301. The monoisotopic (exact) mass is 269 g/mol. The third-order valence-electron chi connectivity index (χ3n) is 3.24. The van der Waals surface area contributed by atoms with Crippen molar-refractivity contribution in [1.29, 1.82) is 0 Å². The molecule has 0 spiro atoms. The topological polar surface area (TPSA) is 38.3 Å². The number of ether oxygens (including phenoxy) is 1. The Kier molecular flexibility index (Phi) is 4.77. The van der Waals surface area contributed by atoms with Crippen molar-refractivity contribution < 1.29 is 9.53 Å². The van der Waals surface area contributed by atoms with Gasteiger partial charge in [-0.05, 0) is 35.7 Å². The van der Waals surface area contributed by atoms with Crippen molar-refractivity contribution in [1.82, 2.24) is 0 Å². The second-order valence-corrected chi connectivity index (χ2v) is 4.56. The molecule has 0 aromatic heterocycles. The van der Waals surface area contributed by atoms with E-state index < -0.39 is 0 Å². The first-order valence-corrected chi connectivity index (χ1v) is 6.73. The molecule has 0 saturated heterocycles. The SMILES string of the molecule is CCc1cccc(NCc2ccccc2C(=O)OC)c1. The zero-order valence-corrected chi connectivity index (χ0v) is 11.8. The second-order valence-electron chi connectivity index (χ2n) is 4.56. The van der Waals surface area contributed by atoms with Crippen LogP contribution in [-0.2, 0) is 17.7 Å². The number of carbonyl (C=O) groups excluding carboxylic acids is 1. The van der Waals surface area contributed by atoms with Gasteiger partial charge in [0.15, 0.2) is 0 Å². The number of hydrogen-bond donors (Lipinski definition) is 1. The van der Waals surface area contributed by atoms with E-state index in [0.717, 1.165) is 17.7 Å². The summed E-state index contributed by atoms with van der Waals surface area (Å²) in [5.74, 6) is -0.301. The van der Waals surface area contributed by atoms with Crippen molar-refractivity contribution in [3.8, 4) is 0 Å². The zero-order valence-electron chi connectivity index (χ0n) is 11.8. The summed E-state index contributed by atoms with van der Waals surface area (Å²) >= 11 is 0.